The number of nitrogens with one attached hydrogen (secondary N) is 1. The van der Waals surface area contributed by atoms with Gasteiger partial charge in [0.2, 0.25) is 0 Å². The molecule has 1 aliphatic heterocycles. The van der Waals surface area contributed by atoms with E-state index < -0.39 is 6.23 Å². The third kappa shape index (κ3) is 2.38. The molecule has 2 rings (SSSR count). The summed E-state index contributed by atoms with van der Waals surface area (Å²) in [6, 6.07) is 6.49. The number of fused-ring (bicyclic) bond motifs is 1. The van der Waals surface area contributed by atoms with Gasteiger partial charge in [0.05, 0.1) is 0 Å². The summed E-state index contributed by atoms with van der Waals surface area (Å²) in [5.41, 5.74) is 3.71. The molecule has 0 fully saturated rings. The lowest BCUT2D eigenvalue weighted by molar-refractivity contribution is 0.195. The predicted octanol–water partition coefficient (Wildman–Crippen LogP) is 2.96. The van der Waals surface area contributed by atoms with Crippen molar-refractivity contribution in [2.24, 2.45) is 5.92 Å². The van der Waals surface area contributed by atoms with Crippen LogP contribution in [0.1, 0.15) is 38.3 Å². The molecule has 0 aromatic heterocycles. The summed E-state index contributed by atoms with van der Waals surface area (Å²) < 4.78 is 0. The average molecular weight is 218 g/mol. The van der Waals surface area contributed by atoms with Gasteiger partial charge < -0.3 is 10.4 Å². The lowest BCUT2D eigenvalue weighted by Crippen LogP contribution is -2.27. The van der Waals surface area contributed by atoms with Gasteiger partial charge in [-0.15, -0.1) is 0 Å². The van der Waals surface area contributed by atoms with E-state index in [1.165, 1.54) is 17.0 Å². The summed E-state index contributed by atoms with van der Waals surface area (Å²) in [6.45, 7) is 6.57. The molecule has 0 aliphatic carbocycles. The van der Waals surface area contributed by atoms with E-state index in [0.717, 1.165) is 18.5 Å². The van der Waals surface area contributed by atoms with Gasteiger partial charge in [-0.3, -0.25) is 0 Å². The molecular weight excluding hydrogens is 198 g/mol. The fourth-order valence-electron chi connectivity index (χ4n) is 2.30. The lowest BCUT2D eigenvalue weighted by Gasteiger charge is -2.28. The molecule has 0 bridgehead atoms. The molecule has 16 heavy (non-hydrogen) atoms. The summed E-state index contributed by atoms with van der Waals surface area (Å²) in [5, 5.41) is 12.7. The standard InChI is InChI=1S/C14H20NO/c1-9(2)6-11-4-5-13-12(8-11)10(3)7-14(16)15-13/h4-5,8-9,14-16H,6-7H2,1-3H3. The first-order chi connectivity index (χ1) is 7.56. The minimum Gasteiger partial charge on any atom is -0.374 e. The largest absolute Gasteiger partial charge is 0.374 e. The van der Waals surface area contributed by atoms with Gasteiger partial charge in [0, 0.05) is 18.0 Å². The highest BCUT2D eigenvalue weighted by molar-refractivity contribution is 5.61. The van der Waals surface area contributed by atoms with E-state index in [2.05, 4.69) is 44.3 Å². The van der Waals surface area contributed by atoms with Crippen LogP contribution in [0.15, 0.2) is 18.2 Å². The Morgan fingerprint density at radius 3 is 2.88 bits per heavy atom. The Labute approximate surface area is 97.7 Å². The third-order valence-electron chi connectivity index (χ3n) is 3.01. The van der Waals surface area contributed by atoms with Gasteiger partial charge in [0.1, 0.15) is 6.23 Å². The zero-order valence-electron chi connectivity index (χ0n) is 10.2. The highest BCUT2D eigenvalue weighted by atomic mass is 16.3. The second kappa shape index (κ2) is 4.46. The van der Waals surface area contributed by atoms with Crippen molar-refractivity contribution in [1.29, 1.82) is 0 Å². The Hall–Kier alpha value is -1.02. The van der Waals surface area contributed by atoms with E-state index in [1.807, 2.05) is 0 Å². The van der Waals surface area contributed by atoms with Crippen molar-refractivity contribution < 1.29 is 5.11 Å². The molecular formula is C14H20NO. The van der Waals surface area contributed by atoms with E-state index in [0.29, 0.717) is 5.92 Å². The lowest BCUT2D eigenvalue weighted by atomic mass is 9.89. The summed E-state index contributed by atoms with van der Waals surface area (Å²) >= 11 is 0. The van der Waals surface area contributed by atoms with Gasteiger partial charge in [-0.05, 0) is 29.5 Å². The number of aliphatic hydroxyl groups excluding tert-OH is 1. The molecule has 1 aliphatic rings. The second-order valence-corrected chi connectivity index (χ2v) is 5.12. The third-order valence-corrected chi connectivity index (χ3v) is 3.01. The van der Waals surface area contributed by atoms with Crippen LogP contribution in [-0.4, -0.2) is 11.3 Å². The minimum absolute atomic E-state index is 0.427. The maximum Gasteiger partial charge on any atom is 0.125 e. The van der Waals surface area contributed by atoms with Crippen LogP contribution >= 0.6 is 0 Å². The van der Waals surface area contributed by atoms with Crippen molar-refractivity contribution in [3.05, 3.63) is 35.2 Å². The fraction of sp³-hybridized carbons (Fsp3) is 0.500. The molecule has 87 valence electrons. The van der Waals surface area contributed by atoms with Crippen LogP contribution in [0.2, 0.25) is 0 Å². The van der Waals surface area contributed by atoms with Crippen LogP contribution in [-0.2, 0) is 6.42 Å². The van der Waals surface area contributed by atoms with Crippen LogP contribution in [0.5, 0.6) is 0 Å². The van der Waals surface area contributed by atoms with Crippen LogP contribution < -0.4 is 5.32 Å². The number of hydrogen-bond donors (Lipinski definition) is 2. The molecule has 2 N–H and O–H groups in total. The van der Waals surface area contributed by atoms with Crippen molar-refractivity contribution in [2.45, 2.75) is 39.8 Å². The molecule has 2 nitrogen and oxygen atoms in total. The van der Waals surface area contributed by atoms with Crippen molar-refractivity contribution in [3.8, 4) is 0 Å². The predicted molar refractivity (Wildman–Crippen MR) is 67.2 cm³/mol. The van der Waals surface area contributed by atoms with Gasteiger partial charge in [-0.1, -0.05) is 32.9 Å². The zero-order chi connectivity index (χ0) is 11.7. The van der Waals surface area contributed by atoms with Crippen LogP contribution in [0.3, 0.4) is 0 Å². The quantitative estimate of drug-likeness (QED) is 0.800. The topological polar surface area (TPSA) is 32.3 Å². The molecule has 1 aromatic rings. The highest BCUT2D eigenvalue weighted by Crippen LogP contribution is 2.33. The van der Waals surface area contributed by atoms with Crippen LogP contribution in [0, 0.1) is 11.8 Å². The molecule has 0 spiro atoms. The van der Waals surface area contributed by atoms with Gasteiger partial charge in [0.25, 0.3) is 0 Å². The minimum atomic E-state index is -0.427. The maximum atomic E-state index is 9.61. The number of hydrogen-bond acceptors (Lipinski definition) is 2. The summed E-state index contributed by atoms with van der Waals surface area (Å²) in [4.78, 5) is 0. The molecule has 1 aromatic carbocycles. The molecule has 0 saturated heterocycles. The van der Waals surface area contributed by atoms with Gasteiger partial charge >= 0.3 is 0 Å². The Morgan fingerprint density at radius 2 is 2.19 bits per heavy atom. The van der Waals surface area contributed by atoms with Crippen molar-refractivity contribution in [3.63, 3.8) is 0 Å². The van der Waals surface area contributed by atoms with Crippen molar-refractivity contribution >= 4 is 5.69 Å². The summed E-state index contributed by atoms with van der Waals surface area (Å²) in [7, 11) is 0. The number of benzene rings is 1. The summed E-state index contributed by atoms with van der Waals surface area (Å²) in [5.74, 6) is 1.95. The first-order valence-electron chi connectivity index (χ1n) is 5.96. The van der Waals surface area contributed by atoms with Crippen molar-refractivity contribution in [1.82, 2.24) is 0 Å². The average Bonchev–Trinajstić information content (AvgIpc) is 2.18. The molecule has 1 atom stereocenters. The number of aliphatic hydroxyl groups is 1. The van der Waals surface area contributed by atoms with E-state index in [9.17, 15) is 5.11 Å². The summed E-state index contributed by atoms with van der Waals surface area (Å²) in [6.07, 6.45) is 1.41. The number of anilines is 1. The first kappa shape index (κ1) is 11.5. The Morgan fingerprint density at radius 1 is 1.44 bits per heavy atom. The molecule has 2 heteroatoms. The van der Waals surface area contributed by atoms with Crippen LogP contribution in [0.4, 0.5) is 5.69 Å². The fourth-order valence-corrected chi connectivity index (χ4v) is 2.30. The normalized spacial score (nSPS) is 20.7. The zero-order valence-corrected chi connectivity index (χ0v) is 10.2. The van der Waals surface area contributed by atoms with Crippen LogP contribution in [0.25, 0.3) is 0 Å². The smallest absolute Gasteiger partial charge is 0.125 e. The van der Waals surface area contributed by atoms with Gasteiger partial charge in [0.15, 0.2) is 0 Å². The molecule has 0 amide bonds. The van der Waals surface area contributed by atoms with Crippen molar-refractivity contribution in [2.75, 3.05) is 5.32 Å². The molecule has 0 saturated carbocycles. The Kier molecular flexibility index (Phi) is 3.20. The van der Waals surface area contributed by atoms with E-state index in [-0.39, 0.29) is 0 Å². The van der Waals surface area contributed by atoms with Gasteiger partial charge in [-0.2, -0.15) is 0 Å². The van der Waals surface area contributed by atoms with E-state index >= 15 is 0 Å². The number of rotatable bonds is 2. The maximum absolute atomic E-state index is 9.61. The second-order valence-electron chi connectivity index (χ2n) is 5.12. The Bertz CT molecular complexity index is 373. The van der Waals surface area contributed by atoms with Gasteiger partial charge in [-0.25, -0.2) is 0 Å². The Balaban J connectivity index is 2.27. The molecule has 1 heterocycles. The van der Waals surface area contributed by atoms with E-state index in [1.54, 1.807) is 0 Å². The first-order valence-corrected chi connectivity index (χ1v) is 5.96. The molecule has 1 unspecified atom stereocenters. The highest BCUT2D eigenvalue weighted by Gasteiger charge is 2.22. The molecule has 1 radical (unpaired) electrons. The SMILES string of the molecule is C[C]1CC(O)Nc2ccc(CC(C)C)cc21. The van der Waals surface area contributed by atoms with E-state index in [4.69, 9.17) is 0 Å². The monoisotopic (exact) mass is 218 g/mol.